The Morgan fingerprint density at radius 1 is 1.32 bits per heavy atom. The van der Waals surface area contributed by atoms with Crippen molar-refractivity contribution in [2.75, 3.05) is 5.32 Å². The van der Waals surface area contributed by atoms with Gasteiger partial charge in [-0.25, -0.2) is 4.79 Å². The molecule has 0 bridgehead atoms. The molecule has 0 amide bonds. The number of rotatable bonds is 5. The lowest BCUT2D eigenvalue weighted by Gasteiger charge is -2.09. The lowest BCUT2D eigenvalue weighted by Crippen LogP contribution is -2.17. The van der Waals surface area contributed by atoms with Crippen molar-refractivity contribution in [2.45, 2.75) is 26.3 Å². The minimum atomic E-state index is -4.76. The predicted octanol–water partition coefficient (Wildman–Crippen LogP) is 3.36. The summed E-state index contributed by atoms with van der Waals surface area (Å²) in [7, 11) is 0. The summed E-state index contributed by atoms with van der Waals surface area (Å²) < 4.78 is 44.6. The zero-order valence-corrected chi connectivity index (χ0v) is 11.8. The number of nitriles is 1. The first-order valence-corrected chi connectivity index (χ1v) is 6.15. The van der Waals surface area contributed by atoms with Crippen LogP contribution in [-0.4, -0.2) is 18.4 Å². The first kappa shape index (κ1) is 17.4. The first-order valence-electron chi connectivity index (χ1n) is 6.15. The van der Waals surface area contributed by atoms with Gasteiger partial charge in [-0.15, -0.1) is 13.2 Å². The molecule has 0 saturated heterocycles. The monoisotopic (exact) mass is 314 g/mol. The van der Waals surface area contributed by atoms with Gasteiger partial charge in [-0.2, -0.15) is 5.26 Å². The highest BCUT2D eigenvalue weighted by Crippen LogP contribution is 2.24. The Labute approximate surface area is 124 Å². The number of nitrogens with zero attached hydrogens (tertiary/aromatic N) is 1. The van der Waals surface area contributed by atoms with E-state index >= 15 is 0 Å². The van der Waals surface area contributed by atoms with Crippen LogP contribution in [0.1, 0.15) is 13.8 Å². The first-order chi connectivity index (χ1) is 10.2. The Morgan fingerprint density at radius 2 is 1.91 bits per heavy atom. The van der Waals surface area contributed by atoms with E-state index in [1.165, 1.54) is 12.1 Å². The Bertz CT molecular complexity index is 587. The number of hydrogen-bond donors (Lipinski definition) is 1. The van der Waals surface area contributed by atoms with Crippen LogP contribution in [0.4, 0.5) is 18.9 Å². The third-order valence-electron chi connectivity index (χ3n) is 2.15. The van der Waals surface area contributed by atoms with Gasteiger partial charge in [-0.3, -0.25) is 0 Å². The van der Waals surface area contributed by atoms with E-state index in [1.54, 1.807) is 19.9 Å². The quantitative estimate of drug-likeness (QED) is 0.512. The van der Waals surface area contributed by atoms with Gasteiger partial charge in [0.1, 0.15) is 11.8 Å². The maximum absolute atomic E-state index is 12.0. The number of esters is 1. The molecule has 0 saturated carbocycles. The van der Waals surface area contributed by atoms with Gasteiger partial charge in [0.25, 0.3) is 0 Å². The second kappa shape index (κ2) is 7.36. The van der Waals surface area contributed by atoms with Crippen molar-refractivity contribution in [3.8, 4) is 11.8 Å². The molecule has 1 rings (SSSR count). The number of ether oxygens (including phenoxy) is 2. The molecule has 118 valence electrons. The predicted molar refractivity (Wildman–Crippen MR) is 71.7 cm³/mol. The maximum atomic E-state index is 12.0. The number of benzene rings is 1. The average molecular weight is 314 g/mol. The zero-order chi connectivity index (χ0) is 16.8. The van der Waals surface area contributed by atoms with Crippen LogP contribution in [0, 0.1) is 11.3 Å². The van der Waals surface area contributed by atoms with Gasteiger partial charge in [0.2, 0.25) is 0 Å². The van der Waals surface area contributed by atoms with E-state index in [0.717, 1.165) is 18.3 Å². The SMILES string of the molecule is CC(C)OC(=O)/C(C#N)=C/Nc1ccc(OC(F)(F)F)cc1. The highest BCUT2D eigenvalue weighted by Gasteiger charge is 2.30. The average Bonchev–Trinajstić information content (AvgIpc) is 2.38. The molecule has 8 heteroatoms. The van der Waals surface area contributed by atoms with Crippen LogP contribution >= 0.6 is 0 Å². The van der Waals surface area contributed by atoms with E-state index in [4.69, 9.17) is 10.00 Å². The van der Waals surface area contributed by atoms with Gasteiger partial charge in [0.05, 0.1) is 6.10 Å². The standard InChI is InChI=1S/C14H13F3N2O3/c1-9(2)21-13(20)10(7-18)8-19-11-3-5-12(6-4-11)22-14(15,16)17/h3-6,8-9,19H,1-2H3/b10-8+. The molecule has 0 aliphatic carbocycles. The zero-order valence-electron chi connectivity index (χ0n) is 11.8. The van der Waals surface area contributed by atoms with Gasteiger partial charge in [-0.1, -0.05) is 0 Å². The molecule has 0 aliphatic rings. The summed E-state index contributed by atoms with van der Waals surface area (Å²) in [6, 6.07) is 6.48. The summed E-state index contributed by atoms with van der Waals surface area (Å²) in [5.74, 6) is -1.16. The summed E-state index contributed by atoms with van der Waals surface area (Å²) in [5.41, 5.74) is 0.115. The van der Waals surface area contributed by atoms with Gasteiger partial charge >= 0.3 is 12.3 Å². The van der Waals surface area contributed by atoms with Crippen LogP contribution in [0.3, 0.4) is 0 Å². The van der Waals surface area contributed by atoms with Crippen LogP contribution in [0.15, 0.2) is 36.0 Å². The minimum Gasteiger partial charge on any atom is -0.459 e. The van der Waals surface area contributed by atoms with Crippen molar-refractivity contribution in [3.05, 3.63) is 36.0 Å². The molecular formula is C14H13F3N2O3. The van der Waals surface area contributed by atoms with Crippen molar-refractivity contribution in [1.29, 1.82) is 5.26 Å². The molecule has 22 heavy (non-hydrogen) atoms. The van der Waals surface area contributed by atoms with Crippen LogP contribution in [0.25, 0.3) is 0 Å². The smallest absolute Gasteiger partial charge is 0.459 e. The topological polar surface area (TPSA) is 71.4 Å². The second-order valence-electron chi connectivity index (χ2n) is 4.34. The van der Waals surface area contributed by atoms with Crippen molar-refractivity contribution < 1.29 is 27.4 Å². The number of anilines is 1. The molecule has 0 aromatic heterocycles. The molecular weight excluding hydrogens is 301 g/mol. The molecule has 0 fully saturated rings. The van der Waals surface area contributed by atoms with Crippen molar-refractivity contribution in [3.63, 3.8) is 0 Å². The van der Waals surface area contributed by atoms with Crippen LogP contribution in [0.2, 0.25) is 0 Å². The van der Waals surface area contributed by atoms with Gasteiger partial charge in [0, 0.05) is 11.9 Å². The molecule has 0 radical (unpaired) electrons. The lowest BCUT2D eigenvalue weighted by molar-refractivity contribution is -0.274. The number of carbonyl (C=O) groups excluding carboxylic acids is 1. The van der Waals surface area contributed by atoms with E-state index in [9.17, 15) is 18.0 Å². The Kier molecular flexibility index (Phi) is 5.81. The molecule has 0 unspecified atom stereocenters. The Morgan fingerprint density at radius 3 is 2.36 bits per heavy atom. The third kappa shape index (κ3) is 6.17. The van der Waals surface area contributed by atoms with Crippen LogP contribution in [0.5, 0.6) is 5.75 Å². The maximum Gasteiger partial charge on any atom is 0.573 e. The van der Waals surface area contributed by atoms with E-state index in [2.05, 4.69) is 10.1 Å². The van der Waals surface area contributed by atoms with Gasteiger partial charge in [-0.05, 0) is 38.1 Å². The molecule has 0 aliphatic heterocycles. The fourth-order valence-corrected chi connectivity index (χ4v) is 1.32. The second-order valence-corrected chi connectivity index (χ2v) is 4.34. The van der Waals surface area contributed by atoms with E-state index < -0.39 is 12.3 Å². The number of alkyl halides is 3. The number of carbonyl (C=O) groups is 1. The van der Waals surface area contributed by atoms with E-state index in [0.29, 0.717) is 5.69 Å². The fraction of sp³-hybridized carbons (Fsp3) is 0.286. The van der Waals surface area contributed by atoms with E-state index in [-0.39, 0.29) is 17.4 Å². The van der Waals surface area contributed by atoms with Crippen molar-refractivity contribution in [2.24, 2.45) is 0 Å². The van der Waals surface area contributed by atoms with Crippen LogP contribution in [-0.2, 0) is 9.53 Å². The Balaban J connectivity index is 2.72. The normalized spacial score (nSPS) is 11.8. The van der Waals surface area contributed by atoms with E-state index in [1.807, 2.05) is 0 Å². The summed E-state index contributed by atoms with van der Waals surface area (Å²) in [4.78, 5) is 11.5. The van der Waals surface area contributed by atoms with Crippen molar-refractivity contribution >= 4 is 11.7 Å². The largest absolute Gasteiger partial charge is 0.573 e. The third-order valence-corrected chi connectivity index (χ3v) is 2.15. The summed E-state index contributed by atoms with van der Waals surface area (Å²) in [6.45, 7) is 3.28. The summed E-state index contributed by atoms with van der Waals surface area (Å²) >= 11 is 0. The van der Waals surface area contributed by atoms with Gasteiger partial charge in [0.15, 0.2) is 5.57 Å². The molecule has 1 aromatic carbocycles. The number of hydrogen-bond acceptors (Lipinski definition) is 5. The molecule has 1 N–H and O–H groups in total. The highest BCUT2D eigenvalue weighted by molar-refractivity contribution is 5.93. The molecule has 0 heterocycles. The molecule has 5 nitrogen and oxygen atoms in total. The molecule has 1 aromatic rings. The fourth-order valence-electron chi connectivity index (χ4n) is 1.32. The van der Waals surface area contributed by atoms with Gasteiger partial charge < -0.3 is 14.8 Å². The lowest BCUT2D eigenvalue weighted by atomic mass is 10.3. The molecule has 0 spiro atoms. The molecule has 0 atom stereocenters. The highest BCUT2D eigenvalue weighted by atomic mass is 19.4. The summed E-state index contributed by atoms with van der Waals surface area (Å²) in [6.07, 6.45) is -4.02. The van der Waals surface area contributed by atoms with Crippen LogP contribution < -0.4 is 10.1 Å². The number of nitrogens with one attached hydrogen (secondary N) is 1. The minimum absolute atomic E-state index is 0.260. The number of halogens is 3. The Hall–Kier alpha value is -2.69. The van der Waals surface area contributed by atoms with Crippen molar-refractivity contribution in [1.82, 2.24) is 0 Å². The summed E-state index contributed by atoms with van der Waals surface area (Å²) in [5, 5.41) is 11.5.